The first-order valence-corrected chi connectivity index (χ1v) is 5.14. The highest BCUT2D eigenvalue weighted by Crippen LogP contribution is 2.19. The lowest BCUT2D eigenvalue weighted by molar-refractivity contribution is -0.167. The first kappa shape index (κ1) is 16.0. The van der Waals surface area contributed by atoms with Crippen molar-refractivity contribution in [3.63, 3.8) is 0 Å². The van der Waals surface area contributed by atoms with E-state index >= 15 is 0 Å². The molecule has 0 saturated heterocycles. The van der Waals surface area contributed by atoms with Crippen LogP contribution in [0.1, 0.15) is 26.7 Å². The summed E-state index contributed by atoms with van der Waals surface area (Å²) in [6, 6.07) is -1.48. The van der Waals surface area contributed by atoms with E-state index in [9.17, 15) is 24.3 Å². The molecule has 2 unspecified atom stereocenters. The van der Waals surface area contributed by atoms with E-state index in [-0.39, 0.29) is 17.7 Å². The van der Waals surface area contributed by atoms with Gasteiger partial charge in [-0.2, -0.15) is 0 Å². The number of imide groups is 1. The molecule has 102 valence electrons. The van der Waals surface area contributed by atoms with E-state index in [2.05, 4.69) is 0 Å². The Labute approximate surface area is 103 Å². The van der Waals surface area contributed by atoms with Crippen molar-refractivity contribution in [1.82, 2.24) is 4.90 Å². The van der Waals surface area contributed by atoms with E-state index in [0.29, 0.717) is 0 Å². The Hall–Kier alpha value is -1.96. The van der Waals surface area contributed by atoms with Gasteiger partial charge in [-0.05, 0) is 13.3 Å². The molecule has 0 bridgehead atoms. The number of carboxylic acids is 2. The summed E-state index contributed by atoms with van der Waals surface area (Å²) >= 11 is 0. The molecule has 3 N–H and O–H groups in total. The Morgan fingerprint density at radius 3 is 2.11 bits per heavy atom. The molecule has 18 heavy (non-hydrogen) atoms. The molecule has 8 nitrogen and oxygen atoms in total. The number of aliphatic carboxylic acids is 2. The van der Waals surface area contributed by atoms with Gasteiger partial charge >= 0.3 is 11.9 Å². The van der Waals surface area contributed by atoms with Gasteiger partial charge in [-0.15, -0.1) is 0 Å². The Balaban J connectivity index is 5.23. The van der Waals surface area contributed by atoms with Gasteiger partial charge in [0.1, 0.15) is 6.04 Å². The highest BCUT2D eigenvalue weighted by atomic mass is 16.4. The van der Waals surface area contributed by atoms with Crippen LogP contribution >= 0.6 is 0 Å². The highest BCUT2D eigenvalue weighted by Gasteiger charge is 2.42. The van der Waals surface area contributed by atoms with Gasteiger partial charge in [-0.25, -0.2) is 4.79 Å². The summed E-state index contributed by atoms with van der Waals surface area (Å²) in [5.74, 6) is -4.11. The lowest BCUT2D eigenvalue weighted by Gasteiger charge is -2.30. The monoisotopic (exact) mass is 261 g/mol. The average Bonchev–Trinajstić information content (AvgIpc) is 2.28. The van der Waals surface area contributed by atoms with E-state index in [0.717, 1.165) is 6.92 Å². The molecule has 0 spiro atoms. The molecule has 0 aromatic heterocycles. The minimum atomic E-state index is -2.30. The minimum Gasteiger partial charge on any atom is -0.481 e. The zero-order valence-electron chi connectivity index (χ0n) is 9.99. The van der Waals surface area contributed by atoms with Gasteiger partial charge < -0.3 is 15.3 Å². The van der Waals surface area contributed by atoms with Crippen LogP contribution in [0.5, 0.6) is 0 Å². The molecule has 0 aromatic rings. The summed E-state index contributed by atoms with van der Waals surface area (Å²) in [5, 5.41) is 27.2. The number of carbonyl (C=O) groups excluding carboxylic acids is 2. The van der Waals surface area contributed by atoms with Crippen molar-refractivity contribution in [3.8, 4) is 0 Å². The van der Waals surface area contributed by atoms with E-state index in [1.54, 1.807) is 0 Å². The molecule has 0 heterocycles. The number of hydrogen-bond donors (Lipinski definition) is 3. The maximum Gasteiger partial charge on any atom is 0.326 e. The van der Waals surface area contributed by atoms with Crippen molar-refractivity contribution in [2.24, 2.45) is 0 Å². The third kappa shape index (κ3) is 3.52. The Kier molecular flexibility index (Phi) is 5.44. The molecule has 0 aliphatic heterocycles. The van der Waals surface area contributed by atoms with Gasteiger partial charge in [0.2, 0.25) is 6.41 Å². The van der Waals surface area contributed by atoms with E-state index in [1.807, 2.05) is 0 Å². The second-order valence-electron chi connectivity index (χ2n) is 3.79. The molecule has 2 atom stereocenters. The van der Waals surface area contributed by atoms with Crippen molar-refractivity contribution in [3.05, 3.63) is 0 Å². The van der Waals surface area contributed by atoms with Crippen LogP contribution < -0.4 is 0 Å². The number of hydrogen-bond acceptors (Lipinski definition) is 5. The van der Waals surface area contributed by atoms with Crippen LogP contribution in [0, 0.1) is 0 Å². The quantitative estimate of drug-likeness (QED) is 0.504. The predicted molar refractivity (Wildman–Crippen MR) is 57.5 cm³/mol. The van der Waals surface area contributed by atoms with Crippen molar-refractivity contribution in [2.45, 2.75) is 38.3 Å². The fraction of sp³-hybridized carbons (Fsp3) is 0.600. The summed E-state index contributed by atoms with van der Waals surface area (Å²) in [6.45, 7) is 2.43. The third-order valence-electron chi connectivity index (χ3n) is 2.55. The summed E-state index contributed by atoms with van der Waals surface area (Å²) in [5.41, 5.74) is -2.30. The van der Waals surface area contributed by atoms with Crippen molar-refractivity contribution in [2.75, 3.05) is 0 Å². The van der Waals surface area contributed by atoms with Gasteiger partial charge in [0, 0.05) is 0 Å². The lowest BCUT2D eigenvalue weighted by Crippen LogP contribution is -2.54. The number of aliphatic hydroxyl groups is 1. The smallest absolute Gasteiger partial charge is 0.326 e. The molecule has 0 aliphatic carbocycles. The fourth-order valence-corrected chi connectivity index (χ4v) is 1.28. The lowest BCUT2D eigenvalue weighted by atomic mass is 9.94. The molecule has 0 rings (SSSR count). The number of amides is 2. The summed E-state index contributed by atoms with van der Waals surface area (Å²) in [6.07, 6.45) is -1.20. The number of carbonyl (C=O) groups is 4. The predicted octanol–water partition coefficient (Wildman–Crippen LogP) is -0.940. The van der Waals surface area contributed by atoms with Crippen LogP contribution in [-0.2, 0) is 19.2 Å². The zero-order chi connectivity index (χ0) is 14.5. The van der Waals surface area contributed by atoms with Crippen LogP contribution in [0.4, 0.5) is 0 Å². The van der Waals surface area contributed by atoms with Crippen molar-refractivity contribution < 1.29 is 34.5 Å². The molecule has 0 fully saturated rings. The number of carboxylic acid groups (broad SMARTS) is 2. The first-order valence-electron chi connectivity index (χ1n) is 5.14. The molecule has 0 aromatic carbocycles. The first-order chi connectivity index (χ1) is 8.19. The molecule has 0 radical (unpaired) electrons. The maximum absolute atomic E-state index is 11.8. The maximum atomic E-state index is 11.8. The number of nitrogens with zero attached hydrogens (tertiary/aromatic N) is 1. The van der Waals surface area contributed by atoms with Crippen LogP contribution in [0.2, 0.25) is 0 Å². The fourth-order valence-electron chi connectivity index (χ4n) is 1.28. The Morgan fingerprint density at radius 2 is 1.83 bits per heavy atom. The molecule has 0 aliphatic rings. The van der Waals surface area contributed by atoms with Gasteiger partial charge in [-0.3, -0.25) is 19.3 Å². The second kappa shape index (κ2) is 6.10. The van der Waals surface area contributed by atoms with Crippen LogP contribution in [0.15, 0.2) is 0 Å². The molecule has 2 amide bonds. The molecular formula is C10H15NO7. The van der Waals surface area contributed by atoms with Gasteiger partial charge in [0.05, 0.1) is 6.42 Å². The molecular weight excluding hydrogens is 246 g/mol. The Bertz CT molecular complexity index is 367. The summed E-state index contributed by atoms with van der Waals surface area (Å²) < 4.78 is 0. The van der Waals surface area contributed by atoms with Gasteiger partial charge in [0.25, 0.3) is 5.91 Å². The summed E-state index contributed by atoms with van der Waals surface area (Å²) in [4.78, 5) is 44.1. The van der Waals surface area contributed by atoms with Crippen LogP contribution in [0.3, 0.4) is 0 Å². The van der Waals surface area contributed by atoms with E-state index < -0.39 is 35.9 Å². The van der Waals surface area contributed by atoms with Gasteiger partial charge in [-0.1, -0.05) is 6.92 Å². The van der Waals surface area contributed by atoms with Crippen LogP contribution in [-0.4, -0.2) is 56.1 Å². The van der Waals surface area contributed by atoms with Crippen LogP contribution in [0.25, 0.3) is 0 Å². The number of rotatable bonds is 7. The SMILES string of the molecule is CCC(O)(CC(=O)O)C(=O)N(C=O)C(C)C(=O)O. The normalized spacial score (nSPS) is 15.3. The topological polar surface area (TPSA) is 132 Å². The second-order valence-corrected chi connectivity index (χ2v) is 3.79. The van der Waals surface area contributed by atoms with Crippen molar-refractivity contribution in [1.29, 1.82) is 0 Å². The molecule has 8 heteroatoms. The van der Waals surface area contributed by atoms with Gasteiger partial charge in [0.15, 0.2) is 5.60 Å². The standard InChI is InChI=1S/C10H15NO7/c1-3-10(18,4-7(13)14)9(17)11(5-12)6(2)8(15)16/h5-6,18H,3-4H2,1-2H3,(H,13,14)(H,15,16). The average molecular weight is 261 g/mol. The summed E-state index contributed by atoms with van der Waals surface area (Å²) in [7, 11) is 0. The minimum absolute atomic E-state index is 0.0381. The highest BCUT2D eigenvalue weighted by molar-refractivity contribution is 5.98. The largest absolute Gasteiger partial charge is 0.481 e. The van der Waals surface area contributed by atoms with Crippen molar-refractivity contribution >= 4 is 24.3 Å². The Morgan fingerprint density at radius 1 is 1.33 bits per heavy atom. The zero-order valence-corrected chi connectivity index (χ0v) is 9.99. The van der Waals surface area contributed by atoms with E-state index in [1.165, 1.54) is 6.92 Å². The third-order valence-corrected chi connectivity index (χ3v) is 2.55. The molecule has 0 saturated carbocycles. The van der Waals surface area contributed by atoms with E-state index in [4.69, 9.17) is 10.2 Å².